The number of aryl methyl sites for hydroxylation is 1. The number of carbonyl (C=O) groups excluding carboxylic acids is 2. The summed E-state index contributed by atoms with van der Waals surface area (Å²) >= 11 is 1.45. The molecule has 4 heterocycles. The van der Waals surface area contributed by atoms with Crippen molar-refractivity contribution in [2.24, 2.45) is 0 Å². The van der Waals surface area contributed by atoms with Crippen molar-refractivity contribution in [1.29, 1.82) is 0 Å². The molecule has 8 heteroatoms. The molecule has 0 saturated carbocycles. The van der Waals surface area contributed by atoms with Gasteiger partial charge in [-0.05, 0) is 23.9 Å². The van der Waals surface area contributed by atoms with Gasteiger partial charge in [-0.25, -0.2) is 0 Å². The third-order valence-electron chi connectivity index (χ3n) is 6.34. The van der Waals surface area contributed by atoms with Crippen LogP contribution in [-0.4, -0.2) is 69.4 Å². The quantitative estimate of drug-likeness (QED) is 0.665. The van der Waals surface area contributed by atoms with Gasteiger partial charge in [0, 0.05) is 56.9 Å². The fourth-order valence-corrected chi connectivity index (χ4v) is 5.10. The van der Waals surface area contributed by atoms with Crippen molar-refractivity contribution in [2.45, 2.75) is 26.4 Å². The van der Waals surface area contributed by atoms with Gasteiger partial charge in [0.1, 0.15) is 0 Å². The van der Waals surface area contributed by atoms with Crippen LogP contribution in [-0.2, 0) is 19.5 Å². The molecule has 2 aliphatic heterocycles. The third kappa shape index (κ3) is 4.20. The standard InChI is InChI=1S/C24H27N5O2S/c1-17-4-6-18(7-5-17)15-27-10-12-28(13-11-27)24(31)22-19-16-29(9-8-20(19)25-26-22)23(30)21-3-2-14-32-21/h2-7,14H,8-13,15-16H2,1H3,(H,25,26). The number of piperazine rings is 1. The van der Waals surface area contributed by atoms with Crippen molar-refractivity contribution in [2.75, 3.05) is 32.7 Å². The second-order valence-corrected chi connectivity index (χ2v) is 9.48. The van der Waals surface area contributed by atoms with Crippen molar-refractivity contribution in [1.82, 2.24) is 24.9 Å². The second-order valence-electron chi connectivity index (χ2n) is 8.54. The van der Waals surface area contributed by atoms with E-state index >= 15 is 0 Å². The summed E-state index contributed by atoms with van der Waals surface area (Å²) in [5.74, 6) is -0.0159. The van der Waals surface area contributed by atoms with Gasteiger partial charge < -0.3 is 9.80 Å². The highest BCUT2D eigenvalue weighted by Gasteiger charge is 2.31. The second kappa shape index (κ2) is 8.88. The number of carbonyl (C=O) groups is 2. The number of nitrogens with one attached hydrogen (secondary N) is 1. The summed E-state index contributed by atoms with van der Waals surface area (Å²) in [6.45, 7) is 7.12. The summed E-state index contributed by atoms with van der Waals surface area (Å²) in [5, 5.41) is 9.31. The van der Waals surface area contributed by atoms with Gasteiger partial charge in [0.2, 0.25) is 0 Å². The number of aromatic amines is 1. The maximum Gasteiger partial charge on any atom is 0.274 e. The van der Waals surface area contributed by atoms with Crippen LogP contribution in [0.4, 0.5) is 0 Å². The predicted octanol–water partition coefficient (Wildman–Crippen LogP) is 2.94. The highest BCUT2D eigenvalue weighted by Crippen LogP contribution is 2.24. The Kier molecular flexibility index (Phi) is 5.80. The number of rotatable bonds is 4. The van der Waals surface area contributed by atoms with Gasteiger partial charge in [0.05, 0.1) is 11.4 Å². The Bertz CT molecular complexity index is 1100. The summed E-state index contributed by atoms with van der Waals surface area (Å²) in [6.07, 6.45) is 0.692. The van der Waals surface area contributed by atoms with E-state index in [1.54, 1.807) is 0 Å². The third-order valence-corrected chi connectivity index (χ3v) is 7.20. The SMILES string of the molecule is Cc1ccc(CN2CCN(C(=O)c3n[nH]c4c3CN(C(=O)c3cccs3)CC4)CC2)cc1. The Balaban J connectivity index is 1.22. The van der Waals surface area contributed by atoms with Gasteiger partial charge in [-0.15, -0.1) is 11.3 Å². The normalized spacial score (nSPS) is 16.8. The molecular weight excluding hydrogens is 422 g/mol. The van der Waals surface area contributed by atoms with Crippen LogP contribution in [0.3, 0.4) is 0 Å². The van der Waals surface area contributed by atoms with Crippen LogP contribution in [0.25, 0.3) is 0 Å². The topological polar surface area (TPSA) is 72.5 Å². The van der Waals surface area contributed by atoms with Gasteiger partial charge in [0.15, 0.2) is 5.69 Å². The molecule has 0 unspecified atom stereocenters. The zero-order chi connectivity index (χ0) is 22.1. The van der Waals surface area contributed by atoms with E-state index in [-0.39, 0.29) is 11.8 Å². The first kappa shape index (κ1) is 20.9. The molecular formula is C24H27N5O2S. The van der Waals surface area contributed by atoms with Gasteiger partial charge in [-0.3, -0.25) is 19.6 Å². The number of fused-ring (bicyclic) bond motifs is 1. The van der Waals surface area contributed by atoms with Crippen molar-refractivity contribution in [3.8, 4) is 0 Å². The summed E-state index contributed by atoms with van der Waals surface area (Å²) in [5.41, 5.74) is 4.87. The molecule has 5 rings (SSSR count). The Hall–Kier alpha value is -2.97. The van der Waals surface area contributed by atoms with Crippen LogP contribution in [0, 0.1) is 6.92 Å². The first-order valence-corrected chi connectivity index (χ1v) is 11.9. The molecule has 0 atom stereocenters. The van der Waals surface area contributed by atoms with Crippen LogP contribution in [0.1, 0.15) is 42.5 Å². The summed E-state index contributed by atoms with van der Waals surface area (Å²) in [7, 11) is 0. The molecule has 0 bridgehead atoms. The average Bonchev–Trinajstić information content (AvgIpc) is 3.50. The molecule has 166 valence electrons. The predicted molar refractivity (Wildman–Crippen MR) is 124 cm³/mol. The molecule has 1 aromatic carbocycles. The Morgan fingerprint density at radius 1 is 1.00 bits per heavy atom. The lowest BCUT2D eigenvalue weighted by atomic mass is 10.0. The lowest BCUT2D eigenvalue weighted by Gasteiger charge is -2.35. The number of thiophene rings is 1. The number of benzene rings is 1. The monoisotopic (exact) mass is 449 g/mol. The highest BCUT2D eigenvalue weighted by atomic mass is 32.1. The summed E-state index contributed by atoms with van der Waals surface area (Å²) in [4.78, 5) is 32.9. The number of nitrogens with zero attached hydrogens (tertiary/aromatic N) is 4. The lowest BCUT2D eigenvalue weighted by Crippen LogP contribution is -2.48. The summed E-state index contributed by atoms with van der Waals surface area (Å²) < 4.78 is 0. The van der Waals surface area contributed by atoms with E-state index in [1.807, 2.05) is 27.3 Å². The molecule has 2 aromatic heterocycles. The van der Waals surface area contributed by atoms with Crippen LogP contribution in [0.2, 0.25) is 0 Å². The number of H-pyrrole nitrogens is 1. The lowest BCUT2D eigenvalue weighted by molar-refractivity contribution is 0.0615. The largest absolute Gasteiger partial charge is 0.335 e. The molecule has 1 fully saturated rings. The molecule has 2 aliphatic rings. The number of aromatic nitrogens is 2. The van der Waals surface area contributed by atoms with E-state index in [1.165, 1.54) is 22.5 Å². The maximum atomic E-state index is 13.3. The Labute approximate surface area is 191 Å². The number of hydrogen-bond acceptors (Lipinski definition) is 5. The maximum absolute atomic E-state index is 13.3. The molecule has 32 heavy (non-hydrogen) atoms. The van der Waals surface area contributed by atoms with Gasteiger partial charge in [-0.1, -0.05) is 35.9 Å². The minimum absolute atomic E-state index is 0.0231. The average molecular weight is 450 g/mol. The van der Waals surface area contributed by atoms with Crippen LogP contribution >= 0.6 is 11.3 Å². The first-order valence-electron chi connectivity index (χ1n) is 11.0. The Morgan fingerprint density at radius 3 is 2.50 bits per heavy atom. The molecule has 0 aliphatic carbocycles. The molecule has 0 radical (unpaired) electrons. The van der Waals surface area contributed by atoms with Gasteiger partial charge >= 0.3 is 0 Å². The Morgan fingerprint density at radius 2 is 1.78 bits per heavy atom. The minimum atomic E-state index is -0.0390. The van der Waals surface area contributed by atoms with Gasteiger partial charge in [0.25, 0.3) is 11.8 Å². The van der Waals surface area contributed by atoms with Crippen molar-refractivity contribution < 1.29 is 9.59 Å². The number of amides is 2. The molecule has 1 N–H and O–H groups in total. The van der Waals surface area contributed by atoms with E-state index in [0.717, 1.165) is 35.8 Å². The molecule has 0 spiro atoms. The van der Waals surface area contributed by atoms with Crippen molar-refractivity contribution >= 4 is 23.2 Å². The van der Waals surface area contributed by atoms with E-state index < -0.39 is 0 Å². The van der Waals surface area contributed by atoms with Crippen LogP contribution in [0.5, 0.6) is 0 Å². The molecule has 7 nitrogen and oxygen atoms in total. The minimum Gasteiger partial charge on any atom is -0.335 e. The van der Waals surface area contributed by atoms with Crippen LogP contribution in [0.15, 0.2) is 41.8 Å². The first-order chi connectivity index (χ1) is 15.6. The van der Waals surface area contributed by atoms with E-state index in [9.17, 15) is 9.59 Å². The number of hydrogen-bond donors (Lipinski definition) is 1. The molecule has 1 saturated heterocycles. The zero-order valence-electron chi connectivity index (χ0n) is 18.2. The van der Waals surface area contributed by atoms with Gasteiger partial charge in [-0.2, -0.15) is 5.10 Å². The zero-order valence-corrected chi connectivity index (χ0v) is 19.0. The highest BCUT2D eigenvalue weighted by molar-refractivity contribution is 7.12. The van der Waals surface area contributed by atoms with Crippen molar-refractivity contribution in [3.63, 3.8) is 0 Å². The smallest absolute Gasteiger partial charge is 0.274 e. The molecule has 3 aromatic rings. The van der Waals surface area contributed by atoms with Crippen LogP contribution < -0.4 is 0 Å². The van der Waals surface area contributed by atoms with E-state index in [4.69, 9.17) is 0 Å². The fourth-order valence-electron chi connectivity index (χ4n) is 4.41. The van der Waals surface area contributed by atoms with Crippen molar-refractivity contribution in [3.05, 3.63) is 74.7 Å². The van der Waals surface area contributed by atoms with E-state index in [2.05, 4.69) is 46.3 Å². The fraction of sp³-hybridized carbons (Fsp3) is 0.375. The van der Waals surface area contributed by atoms with E-state index in [0.29, 0.717) is 38.3 Å². The summed E-state index contributed by atoms with van der Waals surface area (Å²) in [6, 6.07) is 12.4. The molecule has 2 amide bonds.